The fourth-order valence-corrected chi connectivity index (χ4v) is 4.18. The normalized spacial score (nSPS) is 11.7. The number of rotatable bonds is 5. The number of carbonyl (C=O) groups is 1. The minimum Gasteiger partial charge on any atom is -0.383 e. The van der Waals surface area contributed by atoms with Crippen LogP contribution in [0.3, 0.4) is 0 Å². The summed E-state index contributed by atoms with van der Waals surface area (Å²) in [5.74, 6) is -0.154. The molecule has 0 aliphatic heterocycles. The molecule has 8 nitrogen and oxygen atoms in total. The maximum Gasteiger partial charge on any atom is 0.257 e. The van der Waals surface area contributed by atoms with Gasteiger partial charge in [0.25, 0.3) is 5.91 Å². The highest BCUT2D eigenvalue weighted by atomic mass is 16.1. The lowest BCUT2D eigenvalue weighted by molar-refractivity contribution is 0.0953. The number of aromatic nitrogens is 4. The lowest BCUT2D eigenvalue weighted by Gasteiger charge is -2.05. The highest BCUT2D eigenvalue weighted by molar-refractivity contribution is 6.11. The Balaban J connectivity index is 1.46. The number of benzene rings is 3. The number of nitrogens with one attached hydrogen (secondary N) is 2. The van der Waals surface area contributed by atoms with E-state index >= 15 is 0 Å². The van der Waals surface area contributed by atoms with Gasteiger partial charge in [0.05, 0.1) is 17.2 Å². The molecule has 35 heavy (non-hydrogen) atoms. The van der Waals surface area contributed by atoms with Crippen LogP contribution in [0.25, 0.3) is 33.1 Å². The van der Waals surface area contributed by atoms with Crippen molar-refractivity contribution in [2.45, 2.75) is 6.54 Å². The van der Waals surface area contributed by atoms with E-state index in [1.54, 1.807) is 6.21 Å². The molecule has 0 fully saturated rings. The maximum absolute atomic E-state index is 13.3. The number of amides is 1. The summed E-state index contributed by atoms with van der Waals surface area (Å²) in [6, 6.07) is 25.1. The third-order valence-corrected chi connectivity index (χ3v) is 5.93. The number of nitrogens with zero attached hydrogens (tertiary/aromatic N) is 4. The molecule has 4 N–H and O–H groups in total. The molecule has 8 heteroatoms. The highest BCUT2D eigenvalue weighted by Crippen LogP contribution is 2.28. The Labute approximate surface area is 200 Å². The van der Waals surface area contributed by atoms with Crippen molar-refractivity contribution in [3.05, 3.63) is 102 Å². The number of aromatic amines is 1. The zero-order chi connectivity index (χ0) is 23.8. The number of nitrogens with two attached hydrogens (primary N) is 1. The minimum atomic E-state index is -0.332. The van der Waals surface area contributed by atoms with Gasteiger partial charge in [0.15, 0.2) is 5.65 Å². The van der Waals surface area contributed by atoms with Gasteiger partial charge in [-0.3, -0.25) is 4.79 Å². The average Bonchev–Trinajstić information content (AvgIpc) is 3.43. The monoisotopic (exact) mass is 459 g/mol. The molecule has 0 unspecified atom stereocenters. The van der Waals surface area contributed by atoms with E-state index in [1.165, 1.54) is 4.68 Å². The van der Waals surface area contributed by atoms with Crippen molar-refractivity contribution in [2.24, 2.45) is 5.10 Å². The molecule has 3 aromatic heterocycles. The van der Waals surface area contributed by atoms with Crippen LogP contribution in [0, 0.1) is 0 Å². The predicted octanol–water partition coefficient (Wildman–Crippen LogP) is 4.46. The zero-order valence-corrected chi connectivity index (χ0v) is 18.6. The topological polar surface area (TPSA) is 114 Å². The number of fused-ring (bicyclic) bond motifs is 3. The fraction of sp³-hybridized carbons (Fsp3) is 0.0370. The van der Waals surface area contributed by atoms with Crippen LogP contribution >= 0.6 is 0 Å². The molecule has 0 radical (unpaired) electrons. The molecule has 0 spiro atoms. The van der Waals surface area contributed by atoms with E-state index in [-0.39, 0.29) is 17.3 Å². The second kappa shape index (κ2) is 8.42. The van der Waals surface area contributed by atoms with Gasteiger partial charge in [-0.05, 0) is 23.8 Å². The van der Waals surface area contributed by atoms with Crippen molar-refractivity contribution in [1.82, 2.24) is 24.9 Å². The first kappa shape index (κ1) is 20.6. The lowest BCUT2D eigenvalue weighted by Crippen LogP contribution is -2.23. The summed E-state index contributed by atoms with van der Waals surface area (Å²) in [6.45, 7) is 0.366. The summed E-state index contributed by atoms with van der Waals surface area (Å²) in [7, 11) is 0. The van der Waals surface area contributed by atoms with Crippen LogP contribution in [-0.4, -0.2) is 31.7 Å². The Morgan fingerprint density at radius 2 is 1.69 bits per heavy atom. The van der Waals surface area contributed by atoms with Crippen molar-refractivity contribution in [1.29, 1.82) is 0 Å². The summed E-state index contributed by atoms with van der Waals surface area (Å²) in [4.78, 5) is 26.0. The molecule has 0 atom stereocenters. The second-order valence-corrected chi connectivity index (χ2v) is 8.16. The Morgan fingerprint density at radius 3 is 2.51 bits per heavy atom. The van der Waals surface area contributed by atoms with Crippen LogP contribution in [0.1, 0.15) is 21.5 Å². The number of para-hydroxylation sites is 3. The molecule has 0 aliphatic carbocycles. The Hall–Kier alpha value is -4.98. The summed E-state index contributed by atoms with van der Waals surface area (Å²) in [5, 5.41) is 8.60. The first-order valence-electron chi connectivity index (χ1n) is 11.2. The summed E-state index contributed by atoms with van der Waals surface area (Å²) < 4.78 is 1.48. The van der Waals surface area contributed by atoms with Crippen LogP contribution in [0.4, 0.5) is 5.82 Å². The summed E-state index contributed by atoms with van der Waals surface area (Å²) in [5.41, 5.74) is 11.8. The quantitative estimate of drug-likeness (QED) is 0.330. The number of hydrogen-bond acceptors (Lipinski definition) is 5. The van der Waals surface area contributed by atoms with Crippen LogP contribution in [0.5, 0.6) is 0 Å². The number of anilines is 1. The molecular weight excluding hydrogens is 438 g/mol. The Morgan fingerprint density at radius 1 is 0.971 bits per heavy atom. The SMILES string of the molecule is Nc1c(C(=O)NCc2ccccc2)c2nc3ccccc3nc2n1/N=C/c1c[nH]c2ccccc12. The van der Waals surface area contributed by atoms with Gasteiger partial charge in [0.2, 0.25) is 0 Å². The predicted molar refractivity (Wildman–Crippen MR) is 138 cm³/mol. The van der Waals surface area contributed by atoms with Gasteiger partial charge in [-0.1, -0.05) is 60.7 Å². The third-order valence-electron chi connectivity index (χ3n) is 5.93. The van der Waals surface area contributed by atoms with Gasteiger partial charge in [-0.15, -0.1) is 0 Å². The molecule has 6 aromatic rings. The number of nitrogen functional groups attached to an aromatic ring is 1. The van der Waals surface area contributed by atoms with Crippen LogP contribution < -0.4 is 11.1 Å². The van der Waals surface area contributed by atoms with Gasteiger partial charge in [0.1, 0.15) is 16.9 Å². The standard InChI is InChI=1S/C27H21N7O/c28-25-23(27(35)30-14-17-8-2-1-3-9-17)24-26(33-22-13-7-6-12-21(22)32-24)34(25)31-16-18-15-29-20-11-5-4-10-19(18)20/h1-13,15-16,29H,14,28H2,(H,30,35)/b31-16+. The molecule has 0 saturated heterocycles. The van der Waals surface area contributed by atoms with E-state index < -0.39 is 0 Å². The molecule has 0 bridgehead atoms. The van der Waals surface area contributed by atoms with Crippen LogP contribution in [0.2, 0.25) is 0 Å². The van der Waals surface area contributed by atoms with E-state index in [0.717, 1.165) is 22.0 Å². The van der Waals surface area contributed by atoms with Crippen molar-refractivity contribution >= 4 is 51.0 Å². The van der Waals surface area contributed by atoms with Gasteiger partial charge in [-0.2, -0.15) is 9.78 Å². The average molecular weight is 460 g/mol. The van der Waals surface area contributed by atoms with E-state index in [9.17, 15) is 4.79 Å². The van der Waals surface area contributed by atoms with E-state index in [4.69, 9.17) is 15.7 Å². The van der Waals surface area contributed by atoms with Gasteiger partial charge >= 0.3 is 0 Å². The minimum absolute atomic E-state index is 0.178. The van der Waals surface area contributed by atoms with E-state index in [2.05, 4.69) is 15.4 Å². The maximum atomic E-state index is 13.3. The van der Waals surface area contributed by atoms with Crippen molar-refractivity contribution in [3.8, 4) is 0 Å². The van der Waals surface area contributed by atoms with Crippen molar-refractivity contribution in [2.75, 3.05) is 5.73 Å². The summed E-state index contributed by atoms with van der Waals surface area (Å²) in [6.07, 6.45) is 3.59. The number of hydrogen-bond donors (Lipinski definition) is 3. The molecule has 3 heterocycles. The van der Waals surface area contributed by atoms with Gasteiger partial charge < -0.3 is 16.0 Å². The van der Waals surface area contributed by atoms with Crippen LogP contribution in [-0.2, 0) is 6.54 Å². The Kier molecular flexibility index (Phi) is 4.96. The molecule has 0 aliphatic rings. The van der Waals surface area contributed by atoms with E-state index in [1.807, 2.05) is 85.1 Å². The largest absolute Gasteiger partial charge is 0.383 e. The number of carbonyl (C=O) groups excluding carboxylic acids is 1. The highest BCUT2D eigenvalue weighted by Gasteiger charge is 2.24. The molecule has 170 valence electrons. The molecule has 1 amide bonds. The summed E-state index contributed by atoms with van der Waals surface area (Å²) >= 11 is 0. The fourth-order valence-electron chi connectivity index (χ4n) is 4.18. The lowest BCUT2D eigenvalue weighted by atomic mass is 10.2. The second-order valence-electron chi connectivity index (χ2n) is 8.16. The van der Waals surface area contributed by atoms with Gasteiger partial charge in [0, 0.05) is 29.2 Å². The molecule has 0 saturated carbocycles. The van der Waals surface area contributed by atoms with E-state index in [0.29, 0.717) is 28.7 Å². The third kappa shape index (κ3) is 3.67. The molecule has 6 rings (SSSR count). The van der Waals surface area contributed by atoms with Crippen molar-refractivity contribution in [3.63, 3.8) is 0 Å². The van der Waals surface area contributed by atoms with Crippen LogP contribution in [0.15, 0.2) is 90.2 Å². The molecule has 3 aromatic carbocycles. The van der Waals surface area contributed by atoms with Gasteiger partial charge in [-0.25, -0.2) is 9.97 Å². The number of H-pyrrole nitrogens is 1. The molecular formula is C27H21N7O. The first-order valence-corrected chi connectivity index (χ1v) is 11.2. The smallest absolute Gasteiger partial charge is 0.257 e. The zero-order valence-electron chi connectivity index (χ0n) is 18.6. The van der Waals surface area contributed by atoms with Crippen molar-refractivity contribution < 1.29 is 4.79 Å². The first-order chi connectivity index (χ1) is 17.2. The Bertz CT molecular complexity index is 1730.